The molecule has 1 rings (SSSR count). The number of carbonyl (C=O) groups is 1. The second-order valence-electron chi connectivity index (χ2n) is 6.64. The number of hydrogen-bond donors (Lipinski definition) is 1. The second-order valence-corrected chi connectivity index (χ2v) is 6.64. The van der Waals surface area contributed by atoms with Gasteiger partial charge in [-0.25, -0.2) is 0 Å². The third-order valence-electron chi connectivity index (χ3n) is 3.74. The summed E-state index contributed by atoms with van der Waals surface area (Å²) in [6, 6.07) is -0.194. The number of amides is 1. The zero-order chi connectivity index (χ0) is 16.2. The molecule has 0 aromatic heterocycles. The van der Waals surface area contributed by atoms with Crippen LogP contribution in [0.5, 0.6) is 0 Å². The lowest BCUT2D eigenvalue weighted by Crippen LogP contribution is -2.42. The Balaban J connectivity index is 2.54. The molecule has 1 amide bonds. The smallest absolute Gasteiger partial charge is 0.326 e. The molecule has 0 radical (unpaired) electrons. The average molecular weight is 308 g/mol. The number of carbonyl (C=O) groups excluding carboxylic acids is 1. The van der Waals surface area contributed by atoms with Crippen LogP contribution in [0.1, 0.15) is 53.4 Å². The van der Waals surface area contributed by atoms with Crippen molar-refractivity contribution in [2.75, 3.05) is 6.54 Å². The summed E-state index contributed by atoms with van der Waals surface area (Å²) in [6.07, 6.45) is -3.71. The molecule has 0 bridgehead atoms. The van der Waals surface area contributed by atoms with Gasteiger partial charge in [0, 0.05) is 13.0 Å². The Morgan fingerprint density at radius 3 is 2.29 bits per heavy atom. The molecule has 1 aliphatic rings. The zero-order valence-corrected chi connectivity index (χ0v) is 13.3. The highest BCUT2D eigenvalue weighted by atomic mass is 19.4. The first-order chi connectivity index (χ1) is 9.61. The summed E-state index contributed by atoms with van der Waals surface area (Å²) in [4.78, 5) is 14.1. The van der Waals surface area contributed by atoms with Gasteiger partial charge in [-0.3, -0.25) is 10.1 Å². The molecule has 2 unspecified atom stereocenters. The van der Waals surface area contributed by atoms with Gasteiger partial charge < -0.3 is 4.90 Å². The van der Waals surface area contributed by atoms with Gasteiger partial charge in [0.25, 0.3) is 0 Å². The fourth-order valence-electron chi connectivity index (χ4n) is 2.75. The highest BCUT2D eigenvalue weighted by Crippen LogP contribution is 2.25. The van der Waals surface area contributed by atoms with E-state index in [-0.39, 0.29) is 30.5 Å². The Hall–Kier alpha value is -0.780. The average Bonchev–Trinajstić information content (AvgIpc) is 2.61. The minimum Gasteiger partial charge on any atom is -0.326 e. The van der Waals surface area contributed by atoms with Crippen molar-refractivity contribution in [1.82, 2.24) is 10.2 Å². The van der Waals surface area contributed by atoms with Crippen molar-refractivity contribution in [2.45, 2.75) is 71.8 Å². The first-order valence-electron chi connectivity index (χ1n) is 7.75. The number of nitrogens with one attached hydrogen (secondary N) is 1. The fourth-order valence-corrected chi connectivity index (χ4v) is 2.75. The topological polar surface area (TPSA) is 32.3 Å². The highest BCUT2D eigenvalue weighted by molar-refractivity contribution is 5.84. The molecule has 21 heavy (non-hydrogen) atoms. The predicted molar refractivity (Wildman–Crippen MR) is 76.6 cm³/mol. The van der Waals surface area contributed by atoms with E-state index in [4.69, 9.17) is 0 Å². The molecule has 0 aliphatic carbocycles. The maximum absolute atomic E-state index is 12.4. The maximum Gasteiger partial charge on any atom is 0.389 e. The minimum absolute atomic E-state index is 0.0365. The lowest BCUT2D eigenvalue weighted by atomic mass is 10.0. The van der Waals surface area contributed by atoms with E-state index in [1.54, 1.807) is 4.90 Å². The summed E-state index contributed by atoms with van der Waals surface area (Å²) in [5.41, 5.74) is 0. The van der Waals surface area contributed by atoms with Crippen LogP contribution in [0, 0.1) is 11.8 Å². The van der Waals surface area contributed by atoms with Gasteiger partial charge in [-0.05, 0) is 31.1 Å². The van der Waals surface area contributed by atoms with E-state index < -0.39 is 12.6 Å². The van der Waals surface area contributed by atoms with Gasteiger partial charge >= 0.3 is 6.18 Å². The van der Waals surface area contributed by atoms with Crippen LogP contribution in [0.2, 0.25) is 0 Å². The lowest BCUT2D eigenvalue weighted by Gasteiger charge is -2.27. The Labute approximate surface area is 125 Å². The monoisotopic (exact) mass is 308 g/mol. The molecule has 1 heterocycles. The van der Waals surface area contributed by atoms with Gasteiger partial charge in [0.05, 0.1) is 12.2 Å². The van der Waals surface area contributed by atoms with E-state index in [0.717, 1.165) is 6.42 Å². The summed E-state index contributed by atoms with van der Waals surface area (Å²) in [6.45, 7) is 8.56. The van der Waals surface area contributed by atoms with E-state index in [9.17, 15) is 18.0 Å². The SMILES string of the molecule is CC(C)CC1NC(C(C)C)N(CCCCC(F)(F)F)C1=O. The molecule has 0 spiro atoms. The van der Waals surface area contributed by atoms with Gasteiger partial charge in [-0.1, -0.05) is 27.7 Å². The summed E-state index contributed by atoms with van der Waals surface area (Å²) < 4.78 is 36.5. The van der Waals surface area contributed by atoms with Crippen molar-refractivity contribution in [3.63, 3.8) is 0 Å². The highest BCUT2D eigenvalue weighted by Gasteiger charge is 2.39. The molecule has 0 saturated carbocycles. The molecule has 1 fully saturated rings. The predicted octanol–water partition coefficient (Wildman–Crippen LogP) is 3.55. The molecule has 1 saturated heterocycles. The third-order valence-corrected chi connectivity index (χ3v) is 3.74. The van der Waals surface area contributed by atoms with Crippen LogP contribution < -0.4 is 5.32 Å². The first kappa shape index (κ1) is 18.3. The van der Waals surface area contributed by atoms with Crippen molar-refractivity contribution in [2.24, 2.45) is 11.8 Å². The molecule has 124 valence electrons. The van der Waals surface area contributed by atoms with Crippen LogP contribution in [-0.4, -0.2) is 35.7 Å². The van der Waals surface area contributed by atoms with Gasteiger partial charge in [0.1, 0.15) is 0 Å². The van der Waals surface area contributed by atoms with Crippen LogP contribution in [-0.2, 0) is 4.79 Å². The lowest BCUT2D eigenvalue weighted by molar-refractivity contribution is -0.136. The normalized spacial score (nSPS) is 23.7. The van der Waals surface area contributed by atoms with E-state index in [1.165, 1.54) is 0 Å². The van der Waals surface area contributed by atoms with Crippen molar-refractivity contribution >= 4 is 5.91 Å². The number of unbranched alkanes of at least 4 members (excludes halogenated alkanes) is 1. The number of alkyl halides is 3. The third kappa shape index (κ3) is 5.85. The molecule has 0 aromatic carbocycles. The Morgan fingerprint density at radius 1 is 1.19 bits per heavy atom. The quantitative estimate of drug-likeness (QED) is 0.730. The van der Waals surface area contributed by atoms with Crippen molar-refractivity contribution < 1.29 is 18.0 Å². The summed E-state index contributed by atoms with van der Waals surface area (Å²) >= 11 is 0. The molecule has 6 heteroatoms. The van der Waals surface area contributed by atoms with Crippen LogP contribution in [0.15, 0.2) is 0 Å². The number of hydrogen-bond acceptors (Lipinski definition) is 2. The first-order valence-corrected chi connectivity index (χ1v) is 7.75. The molecule has 1 aliphatic heterocycles. The largest absolute Gasteiger partial charge is 0.389 e. The fraction of sp³-hybridized carbons (Fsp3) is 0.933. The van der Waals surface area contributed by atoms with E-state index in [2.05, 4.69) is 19.2 Å². The molecule has 2 atom stereocenters. The van der Waals surface area contributed by atoms with Crippen LogP contribution in [0.25, 0.3) is 0 Å². The van der Waals surface area contributed by atoms with Gasteiger partial charge in [0.2, 0.25) is 5.91 Å². The van der Waals surface area contributed by atoms with Gasteiger partial charge in [-0.15, -0.1) is 0 Å². The Kier molecular flexibility index (Phi) is 6.50. The zero-order valence-electron chi connectivity index (χ0n) is 13.3. The summed E-state index contributed by atoms with van der Waals surface area (Å²) in [7, 11) is 0. The second kappa shape index (κ2) is 7.47. The standard InChI is InChI=1S/C15H27F3N2O/c1-10(2)9-12-14(21)20(13(19-12)11(3)4)8-6-5-7-15(16,17)18/h10-13,19H,5-9H2,1-4H3. The van der Waals surface area contributed by atoms with Crippen molar-refractivity contribution in [3.05, 3.63) is 0 Å². The van der Waals surface area contributed by atoms with Crippen LogP contribution in [0.4, 0.5) is 13.2 Å². The summed E-state index contributed by atoms with van der Waals surface area (Å²) in [5.74, 6) is 0.688. The molecule has 0 aromatic rings. The minimum atomic E-state index is -4.11. The van der Waals surface area contributed by atoms with Crippen LogP contribution in [0.3, 0.4) is 0 Å². The molecule has 3 nitrogen and oxygen atoms in total. The van der Waals surface area contributed by atoms with E-state index in [1.807, 2.05) is 13.8 Å². The van der Waals surface area contributed by atoms with Crippen molar-refractivity contribution in [3.8, 4) is 0 Å². The van der Waals surface area contributed by atoms with Crippen LogP contribution >= 0.6 is 0 Å². The Bertz CT molecular complexity index is 342. The molecule has 1 N–H and O–H groups in total. The maximum atomic E-state index is 12.4. The van der Waals surface area contributed by atoms with Crippen molar-refractivity contribution in [1.29, 1.82) is 0 Å². The molecular weight excluding hydrogens is 281 g/mol. The molecular formula is C15H27F3N2O. The number of halogens is 3. The van der Waals surface area contributed by atoms with E-state index in [0.29, 0.717) is 18.9 Å². The summed E-state index contributed by atoms with van der Waals surface area (Å²) in [5, 5.41) is 3.33. The van der Waals surface area contributed by atoms with Gasteiger partial charge in [0.15, 0.2) is 0 Å². The number of rotatable bonds is 7. The van der Waals surface area contributed by atoms with E-state index >= 15 is 0 Å². The Morgan fingerprint density at radius 2 is 1.81 bits per heavy atom. The van der Waals surface area contributed by atoms with Gasteiger partial charge in [-0.2, -0.15) is 13.2 Å². The number of nitrogens with zero attached hydrogens (tertiary/aromatic N) is 1.